The molecule has 3 aromatic rings. The van der Waals surface area contributed by atoms with E-state index in [-0.39, 0.29) is 5.56 Å². The van der Waals surface area contributed by atoms with E-state index in [4.69, 9.17) is 4.74 Å². The topological polar surface area (TPSA) is 82.8 Å². The van der Waals surface area contributed by atoms with Crippen LogP contribution in [-0.4, -0.2) is 31.3 Å². The van der Waals surface area contributed by atoms with Crippen LogP contribution in [0.2, 0.25) is 0 Å². The summed E-state index contributed by atoms with van der Waals surface area (Å²) in [7, 11) is 1.63. The van der Waals surface area contributed by atoms with Gasteiger partial charge < -0.3 is 4.74 Å². The molecule has 1 fully saturated rings. The van der Waals surface area contributed by atoms with E-state index < -0.39 is 0 Å². The maximum atomic E-state index is 11.8. The van der Waals surface area contributed by atoms with Crippen molar-refractivity contribution in [1.82, 2.24) is 24.7 Å². The highest BCUT2D eigenvalue weighted by Gasteiger charge is 2.40. The third-order valence-electron chi connectivity index (χ3n) is 5.08. The van der Waals surface area contributed by atoms with Gasteiger partial charge in [0.05, 0.1) is 12.2 Å². The Kier molecular flexibility index (Phi) is 4.66. The third kappa shape index (κ3) is 3.65. The van der Waals surface area contributed by atoms with Gasteiger partial charge >= 0.3 is 0 Å². The molecular formula is C21H23N5O2. The lowest BCUT2D eigenvalue weighted by atomic mass is 10.1. The highest BCUT2D eigenvalue weighted by Crippen LogP contribution is 2.47. The molecule has 3 heterocycles. The van der Waals surface area contributed by atoms with Gasteiger partial charge in [0.15, 0.2) is 0 Å². The number of pyridine rings is 1. The molecule has 0 N–H and O–H groups in total. The SMILES string of the molecule is Cc1ccc(C2CC2COc2nc(C)ncc2-c2nn(C)c(=O)cc2C)nc1. The zero-order valence-corrected chi connectivity index (χ0v) is 16.5. The Balaban J connectivity index is 1.54. The van der Waals surface area contributed by atoms with Crippen molar-refractivity contribution in [3.63, 3.8) is 0 Å². The molecular weight excluding hydrogens is 354 g/mol. The molecule has 2 atom stereocenters. The Labute approximate surface area is 163 Å². The fourth-order valence-corrected chi connectivity index (χ4v) is 3.29. The molecule has 0 radical (unpaired) electrons. The smallest absolute Gasteiger partial charge is 0.266 e. The second-order valence-electron chi connectivity index (χ2n) is 7.45. The summed E-state index contributed by atoms with van der Waals surface area (Å²) in [6.45, 7) is 6.29. The van der Waals surface area contributed by atoms with E-state index in [0.717, 1.165) is 17.7 Å². The number of hydrogen-bond donors (Lipinski definition) is 0. The van der Waals surface area contributed by atoms with Crippen molar-refractivity contribution in [3.8, 4) is 17.1 Å². The van der Waals surface area contributed by atoms with Crippen LogP contribution in [0.4, 0.5) is 0 Å². The molecule has 0 spiro atoms. The van der Waals surface area contributed by atoms with Crippen LogP contribution in [0.1, 0.15) is 35.0 Å². The van der Waals surface area contributed by atoms with Crippen LogP contribution in [0.5, 0.6) is 5.88 Å². The van der Waals surface area contributed by atoms with Gasteiger partial charge in [0.2, 0.25) is 5.88 Å². The lowest BCUT2D eigenvalue weighted by Crippen LogP contribution is -2.20. The predicted molar refractivity (Wildman–Crippen MR) is 105 cm³/mol. The summed E-state index contributed by atoms with van der Waals surface area (Å²) < 4.78 is 7.40. The van der Waals surface area contributed by atoms with E-state index >= 15 is 0 Å². The first-order valence-corrected chi connectivity index (χ1v) is 9.36. The first-order chi connectivity index (χ1) is 13.4. The minimum atomic E-state index is -0.150. The number of hydrogen-bond acceptors (Lipinski definition) is 6. The molecule has 7 nitrogen and oxygen atoms in total. The van der Waals surface area contributed by atoms with Crippen molar-refractivity contribution in [2.75, 3.05) is 6.61 Å². The molecule has 4 rings (SSSR count). The van der Waals surface area contributed by atoms with Crippen LogP contribution in [-0.2, 0) is 7.05 Å². The van der Waals surface area contributed by atoms with Crippen molar-refractivity contribution >= 4 is 0 Å². The van der Waals surface area contributed by atoms with Crippen LogP contribution in [0.3, 0.4) is 0 Å². The number of aryl methyl sites for hydroxylation is 4. The number of rotatable bonds is 5. The van der Waals surface area contributed by atoms with Gasteiger partial charge in [-0.25, -0.2) is 9.67 Å². The zero-order valence-electron chi connectivity index (χ0n) is 16.5. The normalized spacial score (nSPS) is 18.1. The Bertz CT molecular complexity index is 1080. The number of nitrogens with zero attached hydrogens (tertiary/aromatic N) is 5. The van der Waals surface area contributed by atoms with E-state index in [1.165, 1.54) is 10.2 Å². The lowest BCUT2D eigenvalue weighted by Gasteiger charge is -2.12. The predicted octanol–water partition coefficient (Wildman–Crippen LogP) is 2.74. The lowest BCUT2D eigenvalue weighted by molar-refractivity contribution is 0.285. The van der Waals surface area contributed by atoms with Crippen LogP contribution in [0.15, 0.2) is 35.4 Å². The van der Waals surface area contributed by atoms with Crippen LogP contribution in [0.25, 0.3) is 11.3 Å². The molecule has 1 saturated carbocycles. The van der Waals surface area contributed by atoms with Gasteiger partial charge in [-0.05, 0) is 44.4 Å². The van der Waals surface area contributed by atoms with E-state index in [2.05, 4.69) is 32.2 Å². The van der Waals surface area contributed by atoms with Crippen molar-refractivity contribution in [2.24, 2.45) is 13.0 Å². The Morgan fingerprint density at radius 2 is 2.00 bits per heavy atom. The summed E-state index contributed by atoms with van der Waals surface area (Å²) in [5.41, 5.74) is 4.26. The van der Waals surface area contributed by atoms with E-state index in [0.29, 0.717) is 41.4 Å². The largest absolute Gasteiger partial charge is 0.477 e. The summed E-state index contributed by atoms with van der Waals surface area (Å²) in [6.07, 6.45) is 4.68. The van der Waals surface area contributed by atoms with Gasteiger partial charge in [-0.1, -0.05) is 6.07 Å². The summed E-state index contributed by atoms with van der Waals surface area (Å²) >= 11 is 0. The van der Waals surface area contributed by atoms with Crippen LogP contribution >= 0.6 is 0 Å². The minimum absolute atomic E-state index is 0.150. The quantitative estimate of drug-likeness (QED) is 0.680. The fourth-order valence-electron chi connectivity index (χ4n) is 3.29. The summed E-state index contributed by atoms with van der Waals surface area (Å²) in [4.78, 5) is 25.1. The Morgan fingerprint density at radius 3 is 2.75 bits per heavy atom. The van der Waals surface area contributed by atoms with E-state index in [1.807, 2.05) is 27.0 Å². The van der Waals surface area contributed by atoms with Gasteiger partial charge in [0.25, 0.3) is 5.56 Å². The van der Waals surface area contributed by atoms with E-state index in [9.17, 15) is 4.79 Å². The first-order valence-electron chi connectivity index (χ1n) is 9.36. The van der Waals surface area contributed by atoms with Gasteiger partial charge in [-0.3, -0.25) is 9.78 Å². The highest BCUT2D eigenvalue weighted by atomic mass is 16.5. The summed E-state index contributed by atoms with van der Waals surface area (Å²) in [5.74, 6) is 2.00. The molecule has 144 valence electrons. The van der Waals surface area contributed by atoms with Crippen LogP contribution < -0.4 is 10.3 Å². The van der Waals surface area contributed by atoms with Crippen LogP contribution in [0, 0.1) is 26.7 Å². The molecule has 0 aromatic carbocycles. The third-order valence-corrected chi connectivity index (χ3v) is 5.08. The molecule has 2 unspecified atom stereocenters. The van der Waals surface area contributed by atoms with Crippen molar-refractivity contribution < 1.29 is 4.74 Å². The minimum Gasteiger partial charge on any atom is -0.477 e. The molecule has 0 aliphatic heterocycles. The maximum Gasteiger partial charge on any atom is 0.266 e. The van der Waals surface area contributed by atoms with Crippen molar-refractivity contribution in [1.29, 1.82) is 0 Å². The van der Waals surface area contributed by atoms with Crippen molar-refractivity contribution in [2.45, 2.75) is 33.1 Å². The standard InChI is InChI=1S/C21H23N5O2/c1-12-5-6-18(23-9-12)16-8-15(16)11-28-21-17(10-22-14(3)24-21)20-13(2)7-19(27)26(4)25-20/h5-7,9-10,15-16H,8,11H2,1-4H3. The molecule has 7 heteroatoms. The molecule has 0 saturated heterocycles. The second-order valence-corrected chi connectivity index (χ2v) is 7.45. The average Bonchev–Trinajstić information content (AvgIpc) is 3.44. The highest BCUT2D eigenvalue weighted by molar-refractivity contribution is 5.66. The molecule has 0 bridgehead atoms. The number of aromatic nitrogens is 5. The second kappa shape index (κ2) is 7.14. The zero-order chi connectivity index (χ0) is 19.8. The van der Waals surface area contributed by atoms with Crippen molar-refractivity contribution in [3.05, 3.63) is 63.6 Å². The molecule has 0 amide bonds. The summed E-state index contributed by atoms with van der Waals surface area (Å²) in [5, 5.41) is 4.38. The number of ether oxygens (including phenoxy) is 1. The van der Waals surface area contributed by atoms with Gasteiger partial charge in [-0.2, -0.15) is 10.1 Å². The fraction of sp³-hybridized carbons (Fsp3) is 0.381. The Hall–Kier alpha value is -3.09. The maximum absolute atomic E-state index is 11.8. The first kappa shape index (κ1) is 18.3. The van der Waals surface area contributed by atoms with Gasteiger partial charge in [0.1, 0.15) is 11.5 Å². The van der Waals surface area contributed by atoms with E-state index in [1.54, 1.807) is 19.3 Å². The monoisotopic (exact) mass is 377 g/mol. The molecule has 28 heavy (non-hydrogen) atoms. The van der Waals surface area contributed by atoms with Gasteiger partial charge in [0, 0.05) is 43.0 Å². The van der Waals surface area contributed by atoms with Gasteiger partial charge in [-0.15, -0.1) is 0 Å². The molecule has 3 aromatic heterocycles. The molecule has 1 aliphatic carbocycles. The average molecular weight is 377 g/mol. The Morgan fingerprint density at radius 1 is 1.18 bits per heavy atom. The molecule has 1 aliphatic rings. The summed E-state index contributed by atoms with van der Waals surface area (Å²) in [6, 6.07) is 5.75.